The molecule has 1 nitrogen and oxygen atoms in total. The van der Waals surface area contributed by atoms with Crippen LogP contribution in [0.15, 0.2) is 34.1 Å². The molecule has 0 fully saturated rings. The lowest BCUT2D eigenvalue weighted by atomic mass is 9.94. The Morgan fingerprint density at radius 1 is 1.24 bits per heavy atom. The largest absolute Gasteiger partial charge is 0.380 e. The third-order valence-electron chi connectivity index (χ3n) is 2.48. The quantitative estimate of drug-likeness (QED) is 0.885. The molecule has 2 rings (SSSR count). The van der Waals surface area contributed by atoms with Gasteiger partial charge in [-0.1, -0.05) is 0 Å². The van der Waals surface area contributed by atoms with Crippen LogP contribution >= 0.6 is 27.3 Å². The first kappa shape index (κ1) is 12.7. The fraction of sp³-hybridized carbons (Fsp3) is 0.167. The SMILES string of the molecule is CC(O)(c1cc(F)cc(F)c1)c1sccc1Br. The predicted octanol–water partition coefficient (Wildman–Crippen LogP) is 4.04. The lowest BCUT2D eigenvalue weighted by Crippen LogP contribution is -2.22. The molecule has 5 heteroatoms. The predicted molar refractivity (Wildman–Crippen MR) is 67.0 cm³/mol. The monoisotopic (exact) mass is 318 g/mol. The fourth-order valence-electron chi connectivity index (χ4n) is 1.61. The summed E-state index contributed by atoms with van der Waals surface area (Å²) in [5.41, 5.74) is -1.23. The highest BCUT2D eigenvalue weighted by Crippen LogP contribution is 2.38. The Balaban J connectivity index is 2.55. The van der Waals surface area contributed by atoms with E-state index in [-0.39, 0.29) is 5.56 Å². The van der Waals surface area contributed by atoms with Gasteiger partial charge in [0.15, 0.2) is 0 Å². The van der Waals surface area contributed by atoms with E-state index in [1.165, 1.54) is 18.3 Å². The molecule has 17 heavy (non-hydrogen) atoms. The standard InChI is InChI=1S/C12H9BrF2OS/c1-12(16,11-10(13)2-3-17-11)7-4-8(14)6-9(15)5-7/h2-6,16H,1H3. The van der Waals surface area contributed by atoms with Gasteiger partial charge >= 0.3 is 0 Å². The number of rotatable bonds is 2. The van der Waals surface area contributed by atoms with Crippen molar-refractivity contribution in [3.63, 3.8) is 0 Å². The molecule has 0 aliphatic rings. The van der Waals surface area contributed by atoms with E-state index in [0.717, 1.165) is 22.7 Å². The third-order valence-corrected chi connectivity index (χ3v) is 4.53. The topological polar surface area (TPSA) is 20.2 Å². The van der Waals surface area contributed by atoms with E-state index in [9.17, 15) is 13.9 Å². The van der Waals surface area contributed by atoms with Crippen molar-refractivity contribution in [2.24, 2.45) is 0 Å². The van der Waals surface area contributed by atoms with Crippen LogP contribution in [-0.2, 0) is 5.60 Å². The van der Waals surface area contributed by atoms with Gasteiger partial charge in [-0.05, 0) is 52.0 Å². The van der Waals surface area contributed by atoms with Crippen molar-refractivity contribution >= 4 is 27.3 Å². The van der Waals surface area contributed by atoms with Crippen LogP contribution in [0.2, 0.25) is 0 Å². The van der Waals surface area contributed by atoms with Crippen LogP contribution in [0.4, 0.5) is 8.78 Å². The zero-order valence-corrected chi connectivity index (χ0v) is 11.3. The van der Waals surface area contributed by atoms with E-state index in [4.69, 9.17) is 0 Å². The summed E-state index contributed by atoms with van der Waals surface area (Å²) in [6.45, 7) is 1.51. The summed E-state index contributed by atoms with van der Waals surface area (Å²) in [5, 5.41) is 12.2. The number of benzene rings is 1. The van der Waals surface area contributed by atoms with E-state index < -0.39 is 17.2 Å². The van der Waals surface area contributed by atoms with Crippen molar-refractivity contribution in [3.05, 3.63) is 56.2 Å². The van der Waals surface area contributed by atoms with Crippen LogP contribution in [0.5, 0.6) is 0 Å². The summed E-state index contributed by atoms with van der Waals surface area (Å²) in [7, 11) is 0. The van der Waals surface area contributed by atoms with Crippen molar-refractivity contribution in [1.29, 1.82) is 0 Å². The second kappa shape index (κ2) is 4.48. The highest BCUT2D eigenvalue weighted by atomic mass is 79.9. The van der Waals surface area contributed by atoms with Gasteiger partial charge in [-0.2, -0.15) is 0 Å². The highest BCUT2D eigenvalue weighted by Gasteiger charge is 2.30. The summed E-state index contributed by atoms with van der Waals surface area (Å²) in [5.74, 6) is -1.40. The molecule has 1 aromatic heterocycles. The smallest absolute Gasteiger partial charge is 0.126 e. The zero-order valence-electron chi connectivity index (χ0n) is 8.88. The zero-order chi connectivity index (χ0) is 12.6. The van der Waals surface area contributed by atoms with E-state index in [0.29, 0.717) is 4.88 Å². The number of hydrogen-bond donors (Lipinski definition) is 1. The molecule has 1 unspecified atom stereocenters. The Kier molecular flexibility index (Phi) is 3.34. The minimum atomic E-state index is -1.42. The third kappa shape index (κ3) is 2.41. The Bertz CT molecular complexity index is 531. The van der Waals surface area contributed by atoms with Crippen molar-refractivity contribution < 1.29 is 13.9 Å². The second-order valence-electron chi connectivity index (χ2n) is 3.83. The molecule has 2 aromatic rings. The average molecular weight is 319 g/mol. The van der Waals surface area contributed by atoms with Crippen LogP contribution < -0.4 is 0 Å². The first-order valence-corrected chi connectivity index (χ1v) is 6.51. The van der Waals surface area contributed by atoms with Crippen LogP contribution in [0.25, 0.3) is 0 Å². The minimum Gasteiger partial charge on any atom is -0.380 e. The molecule has 1 atom stereocenters. The highest BCUT2D eigenvalue weighted by molar-refractivity contribution is 9.10. The van der Waals surface area contributed by atoms with Crippen molar-refractivity contribution in [3.8, 4) is 0 Å². The molecule has 0 radical (unpaired) electrons. The Morgan fingerprint density at radius 2 is 1.82 bits per heavy atom. The van der Waals surface area contributed by atoms with Crippen molar-refractivity contribution in [2.45, 2.75) is 12.5 Å². The summed E-state index contributed by atoms with van der Waals surface area (Å²) in [6, 6.07) is 4.83. The van der Waals surface area contributed by atoms with Gasteiger partial charge in [0.1, 0.15) is 17.2 Å². The van der Waals surface area contributed by atoms with Gasteiger partial charge in [0, 0.05) is 10.5 Å². The number of hydrogen-bond acceptors (Lipinski definition) is 2. The molecule has 1 N–H and O–H groups in total. The number of aliphatic hydroxyl groups is 1. The first-order chi connectivity index (χ1) is 7.91. The van der Waals surface area contributed by atoms with Gasteiger partial charge in [-0.3, -0.25) is 0 Å². The van der Waals surface area contributed by atoms with E-state index in [1.54, 1.807) is 11.4 Å². The molecule has 0 aliphatic carbocycles. The molecule has 1 heterocycles. The van der Waals surface area contributed by atoms with Crippen molar-refractivity contribution in [2.75, 3.05) is 0 Å². The Hall–Kier alpha value is -0.780. The van der Waals surface area contributed by atoms with Gasteiger partial charge in [0.2, 0.25) is 0 Å². The summed E-state index contributed by atoms with van der Waals surface area (Å²) in [6.07, 6.45) is 0. The molecule has 90 valence electrons. The lowest BCUT2D eigenvalue weighted by Gasteiger charge is -2.23. The van der Waals surface area contributed by atoms with Crippen LogP contribution in [0, 0.1) is 11.6 Å². The van der Waals surface area contributed by atoms with E-state index in [2.05, 4.69) is 15.9 Å². The van der Waals surface area contributed by atoms with Gasteiger partial charge in [0.05, 0.1) is 4.88 Å². The molecule has 0 aliphatic heterocycles. The normalized spacial score (nSPS) is 14.6. The van der Waals surface area contributed by atoms with Gasteiger partial charge in [-0.25, -0.2) is 8.78 Å². The average Bonchev–Trinajstić information content (AvgIpc) is 2.63. The van der Waals surface area contributed by atoms with Crippen LogP contribution in [-0.4, -0.2) is 5.11 Å². The Morgan fingerprint density at radius 3 is 2.29 bits per heavy atom. The molecular weight excluding hydrogens is 310 g/mol. The maximum absolute atomic E-state index is 13.1. The summed E-state index contributed by atoms with van der Waals surface area (Å²) in [4.78, 5) is 0.613. The lowest BCUT2D eigenvalue weighted by molar-refractivity contribution is 0.105. The molecule has 0 saturated heterocycles. The van der Waals surface area contributed by atoms with Crippen LogP contribution in [0.3, 0.4) is 0 Å². The first-order valence-electron chi connectivity index (χ1n) is 4.83. The second-order valence-corrected chi connectivity index (χ2v) is 5.60. The minimum absolute atomic E-state index is 0.193. The Labute approximate surface area is 110 Å². The van der Waals surface area contributed by atoms with E-state index in [1.807, 2.05) is 0 Å². The molecule has 0 amide bonds. The van der Waals surface area contributed by atoms with Crippen molar-refractivity contribution in [1.82, 2.24) is 0 Å². The number of halogens is 3. The molecule has 0 spiro atoms. The van der Waals surface area contributed by atoms with Gasteiger partial charge in [0.25, 0.3) is 0 Å². The van der Waals surface area contributed by atoms with Gasteiger partial charge < -0.3 is 5.11 Å². The molecule has 1 aromatic carbocycles. The maximum Gasteiger partial charge on any atom is 0.126 e. The summed E-state index contributed by atoms with van der Waals surface area (Å²) < 4.78 is 27.0. The fourth-order valence-corrected chi connectivity index (χ4v) is 3.45. The van der Waals surface area contributed by atoms with E-state index >= 15 is 0 Å². The molecular formula is C12H9BrF2OS. The molecule has 0 bridgehead atoms. The van der Waals surface area contributed by atoms with Gasteiger partial charge in [-0.15, -0.1) is 11.3 Å². The molecule has 0 saturated carbocycles. The van der Waals surface area contributed by atoms with Crippen LogP contribution in [0.1, 0.15) is 17.4 Å². The number of thiophene rings is 1. The maximum atomic E-state index is 13.1. The summed E-state index contributed by atoms with van der Waals surface area (Å²) >= 11 is 4.62.